The number of hydrogen-bond acceptors (Lipinski definition) is 2. The van der Waals surface area contributed by atoms with Crippen molar-refractivity contribution >= 4 is 22.5 Å². The fourth-order valence-corrected chi connectivity index (χ4v) is 2.89. The SMILES string of the molecule is O=c1[nH]c2cccc(Cl)c2c(-c2ccccc2)c1CCO. The largest absolute Gasteiger partial charge is 0.396 e. The number of H-pyrrole nitrogens is 1. The molecule has 0 saturated heterocycles. The quantitative estimate of drug-likeness (QED) is 0.779. The molecule has 106 valence electrons. The van der Waals surface area contributed by atoms with Crippen LogP contribution in [-0.2, 0) is 6.42 Å². The van der Waals surface area contributed by atoms with Crippen LogP contribution in [0.1, 0.15) is 5.56 Å². The van der Waals surface area contributed by atoms with Gasteiger partial charge in [0.15, 0.2) is 0 Å². The lowest BCUT2D eigenvalue weighted by atomic mass is 9.95. The summed E-state index contributed by atoms with van der Waals surface area (Å²) in [5.74, 6) is 0. The number of aliphatic hydroxyl groups is 1. The van der Waals surface area contributed by atoms with Gasteiger partial charge < -0.3 is 10.1 Å². The number of rotatable bonds is 3. The Labute approximate surface area is 126 Å². The minimum absolute atomic E-state index is 0.0845. The second-order valence-corrected chi connectivity index (χ2v) is 5.22. The van der Waals surface area contributed by atoms with E-state index < -0.39 is 0 Å². The van der Waals surface area contributed by atoms with Crippen LogP contribution >= 0.6 is 11.6 Å². The van der Waals surface area contributed by atoms with Crippen molar-refractivity contribution < 1.29 is 5.11 Å². The van der Waals surface area contributed by atoms with Crippen molar-refractivity contribution in [3.63, 3.8) is 0 Å². The van der Waals surface area contributed by atoms with E-state index in [0.717, 1.165) is 16.5 Å². The van der Waals surface area contributed by atoms with Gasteiger partial charge in [-0.2, -0.15) is 0 Å². The lowest BCUT2D eigenvalue weighted by Gasteiger charge is -2.13. The lowest BCUT2D eigenvalue weighted by molar-refractivity contribution is 0.299. The van der Waals surface area contributed by atoms with E-state index in [1.54, 1.807) is 12.1 Å². The molecule has 0 saturated carbocycles. The smallest absolute Gasteiger partial charge is 0.252 e. The van der Waals surface area contributed by atoms with E-state index in [1.165, 1.54) is 0 Å². The fourth-order valence-electron chi connectivity index (χ4n) is 2.62. The summed E-state index contributed by atoms with van der Waals surface area (Å²) in [7, 11) is 0. The summed E-state index contributed by atoms with van der Waals surface area (Å²) in [5, 5.41) is 10.7. The molecular formula is C17H14ClNO2. The number of fused-ring (bicyclic) bond motifs is 1. The highest BCUT2D eigenvalue weighted by atomic mass is 35.5. The van der Waals surface area contributed by atoms with Crippen LogP contribution in [0, 0.1) is 0 Å². The Hall–Kier alpha value is -2.10. The predicted molar refractivity (Wildman–Crippen MR) is 85.8 cm³/mol. The van der Waals surface area contributed by atoms with Gasteiger partial charge in [0.25, 0.3) is 5.56 Å². The summed E-state index contributed by atoms with van der Waals surface area (Å²) in [6.07, 6.45) is 0.292. The molecule has 3 rings (SSSR count). The number of aromatic amines is 1. The average Bonchev–Trinajstić information content (AvgIpc) is 2.50. The van der Waals surface area contributed by atoms with E-state index in [0.29, 0.717) is 22.5 Å². The Bertz CT molecular complexity index is 841. The van der Waals surface area contributed by atoms with Crippen molar-refractivity contribution in [2.45, 2.75) is 6.42 Å². The Morgan fingerprint density at radius 1 is 1.05 bits per heavy atom. The van der Waals surface area contributed by atoms with Gasteiger partial charge in [-0.1, -0.05) is 48.0 Å². The molecule has 3 aromatic rings. The first-order chi connectivity index (χ1) is 10.2. The second kappa shape index (κ2) is 5.72. The predicted octanol–water partition coefficient (Wildman–Crippen LogP) is 3.38. The summed E-state index contributed by atoms with van der Waals surface area (Å²) in [4.78, 5) is 15.2. The molecule has 0 fully saturated rings. The van der Waals surface area contributed by atoms with Crippen LogP contribution in [0.5, 0.6) is 0 Å². The van der Waals surface area contributed by atoms with Crippen molar-refractivity contribution in [2.75, 3.05) is 6.61 Å². The van der Waals surface area contributed by atoms with Crippen LogP contribution in [0.15, 0.2) is 53.3 Å². The molecule has 0 bridgehead atoms. The summed E-state index contributed by atoms with van der Waals surface area (Å²) >= 11 is 6.35. The Balaban J connectivity index is 2.48. The van der Waals surface area contributed by atoms with Gasteiger partial charge in [0.05, 0.1) is 10.5 Å². The third-order valence-corrected chi connectivity index (χ3v) is 3.83. The third kappa shape index (κ3) is 2.46. The van der Waals surface area contributed by atoms with E-state index >= 15 is 0 Å². The van der Waals surface area contributed by atoms with Crippen molar-refractivity contribution in [3.8, 4) is 11.1 Å². The van der Waals surface area contributed by atoms with E-state index in [9.17, 15) is 9.90 Å². The van der Waals surface area contributed by atoms with Gasteiger partial charge in [0, 0.05) is 29.5 Å². The standard InChI is InChI=1S/C17H14ClNO2/c18-13-7-4-8-14-16(13)15(11-5-2-1-3-6-11)12(9-10-20)17(21)19-14/h1-8,20H,9-10H2,(H,19,21). The molecule has 4 heteroatoms. The highest BCUT2D eigenvalue weighted by molar-refractivity contribution is 6.36. The van der Waals surface area contributed by atoms with Crippen LogP contribution in [0.4, 0.5) is 0 Å². The number of halogens is 1. The van der Waals surface area contributed by atoms with Crippen LogP contribution in [0.2, 0.25) is 5.02 Å². The first kappa shape index (κ1) is 13.9. The molecule has 0 unspecified atom stereocenters. The summed E-state index contributed by atoms with van der Waals surface area (Å²) in [6, 6.07) is 15.1. The monoisotopic (exact) mass is 299 g/mol. The van der Waals surface area contributed by atoms with Crippen LogP contribution in [-0.4, -0.2) is 16.7 Å². The molecule has 0 atom stereocenters. The van der Waals surface area contributed by atoms with E-state index in [4.69, 9.17) is 11.6 Å². The molecule has 1 heterocycles. The zero-order valence-electron chi connectivity index (χ0n) is 11.3. The zero-order chi connectivity index (χ0) is 14.8. The number of aromatic nitrogens is 1. The molecule has 2 N–H and O–H groups in total. The van der Waals surface area contributed by atoms with Crippen LogP contribution in [0.3, 0.4) is 0 Å². The summed E-state index contributed by atoms with van der Waals surface area (Å²) in [5.41, 5.74) is 2.80. The van der Waals surface area contributed by atoms with Crippen molar-refractivity contribution in [1.29, 1.82) is 0 Å². The third-order valence-electron chi connectivity index (χ3n) is 3.51. The normalized spacial score (nSPS) is 11.0. The van der Waals surface area contributed by atoms with Gasteiger partial charge >= 0.3 is 0 Å². The molecule has 2 aromatic carbocycles. The minimum atomic E-state index is -0.183. The number of pyridine rings is 1. The minimum Gasteiger partial charge on any atom is -0.396 e. The maximum Gasteiger partial charge on any atom is 0.252 e. The Morgan fingerprint density at radius 2 is 1.81 bits per heavy atom. The second-order valence-electron chi connectivity index (χ2n) is 4.81. The number of benzene rings is 2. The molecule has 0 aliphatic heterocycles. The van der Waals surface area contributed by atoms with Crippen molar-refractivity contribution in [3.05, 3.63) is 69.5 Å². The molecule has 0 aliphatic carbocycles. The highest BCUT2D eigenvalue weighted by Gasteiger charge is 2.15. The van der Waals surface area contributed by atoms with Crippen molar-refractivity contribution in [2.24, 2.45) is 0 Å². The van der Waals surface area contributed by atoms with Gasteiger partial charge in [0.2, 0.25) is 0 Å². The fraction of sp³-hybridized carbons (Fsp3) is 0.118. The first-order valence-electron chi connectivity index (χ1n) is 6.72. The Kier molecular flexibility index (Phi) is 3.78. The Morgan fingerprint density at radius 3 is 2.52 bits per heavy atom. The maximum atomic E-state index is 12.3. The van der Waals surface area contributed by atoms with E-state index in [-0.39, 0.29) is 12.2 Å². The molecule has 0 spiro atoms. The molecule has 3 nitrogen and oxygen atoms in total. The molecule has 0 amide bonds. The summed E-state index contributed by atoms with van der Waals surface area (Å²) in [6.45, 7) is -0.0845. The maximum absolute atomic E-state index is 12.3. The highest BCUT2D eigenvalue weighted by Crippen LogP contribution is 2.34. The van der Waals surface area contributed by atoms with Gasteiger partial charge in [-0.3, -0.25) is 4.79 Å². The van der Waals surface area contributed by atoms with Gasteiger partial charge in [0.1, 0.15) is 0 Å². The number of aliphatic hydroxyl groups excluding tert-OH is 1. The van der Waals surface area contributed by atoms with Gasteiger partial charge in [-0.25, -0.2) is 0 Å². The topological polar surface area (TPSA) is 53.1 Å². The van der Waals surface area contributed by atoms with Gasteiger partial charge in [-0.05, 0) is 17.7 Å². The van der Waals surface area contributed by atoms with Crippen LogP contribution in [0.25, 0.3) is 22.0 Å². The molecule has 0 radical (unpaired) electrons. The average molecular weight is 300 g/mol. The van der Waals surface area contributed by atoms with Gasteiger partial charge in [-0.15, -0.1) is 0 Å². The lowest BCUT2D eigenvalue weighted by Crippen LogP contribution is -2.16. The molecular weight excluding hydrogens is 286 g/mol. The molecule has 21 heavy (non-hydrogen) atoms. The first-order valence-corrected chi connectivity index (χ1v) is 7.10. The summed E-state index contributed by atoms with van der Waals surface area (Å²) < 4.78 is 0. The number of nitrogens with one attached hydrogen (secondary N) is 1. The molecule has 1 aromatic heterocycles. The molecule has 0 aliphatic rings. The van der Waals surface area contributed by atoms with E-state index in [1.807, 2.05) is 36.4 Å². The van der Waals surface area contributed by atoms with Crippen molar-refractivity contribution in [1.82, 2.24) is 4.98 Å². The zero-order valence-corrected chi connectivity index (χ0v) is 12.0. The number of hydrogen-bond donors (Lipinski definition) is 2. The van der Waals surface area contributed by atoms with E-state index in [2.05, 4.69) is 4.98 Å². The van der Waals surface area contributed by atoms with Crippen LogP contribution < -0.4 is 5.56 Å².